The van der Waals surface area contributed by atoms with Gasteiger partial charge in [0, 0.05) is 6.42 Å². The molecule has 0 saturated heterocycles. The second kappa shape index (κ2) is 7.29. The first-order valence-electron chi connectivity index (χ1n) is 5.64. The molecule has 0 aliphatic rings. The molecule has 3 nitrogen and oxygen atoms in total. The van der Waals surface area contributed by atoms with E-state index in [0.717, 1.165) is 23.9 Å². The molecule has 0 aliphatic carbocycles. The van der Waals surface area contributed by atoms with Crippen molar-refractivity contribution in [3.05, 3.63) is 29.3 Å². The van der Waals surface area contributed by atoms with Crippen LogP contribution in [0.15, 0.2) is 18.2 Å². The molecule has 4 heteroatoms. The van der Waals surface area contributed by atoms with E-state index in [1.54, 1.807) is 7.11 Å². The van der Waals surface area contributed by atoms with E-state index in [2.05, 4.69) is 20.0 Å². The number of benzene rings is 1. The summed E-state index contributed by atoms with van der Waals surface area (Å²) in [5, 5.41) is 0. The maximum Gasteiger partial charge on any atom is 0.305 e. The average Bonchev–Trinajstić information content (AvgIpc) is 2.37. The van der Waals surface area contributed by atoms with Crippen molar-refractivity contribution in [3.63, 3.8) is 0 Å². The third-order valence-corrected chi connectivity index (χ3v) is 2.90. The van der Waals surface area contributed by atoms with E-state index in [-0.39, 0.29) is 5.97 Å². The van der Waals surface area contributed by atoms with Crippen molar-refractivity contribution in [2.45, 2.75) is 19.3 Å². The van der Waals surface area contributed by atoms with Gasteiger partial charge in [-0.15, -0.1) is 9.24 Å². The van der Waals surface area contributed by atoms with Crippen LogP contribution in [-0.4, -0.2) is 26.4 Å². The van der Waals surface area contributed by atoms with Gasteiger partial charge in [0.2, 0.25) is 0 Å². The summed E-state index contributed by atoms with van der Waals surface area (Å²) in [4.78, 5) is 11.1. The lowest BCUT2D eigenvalue weighted by Gasteiger charge is -2.09. The Labute approximate surface area is 105 Å². The molecule has 0 saturated carbocycles. The normalized spacial score (nSPS) is 10.1. The lowest BCUT2D eigenvalue weighted by molar-refractivity contribution is -0.140. The molecule has 1 aromatic carbocycles. The summed E-state index contributed by atoms with van der Waals surface area (Å²) in [6, 6.07) is 6.11. The SMILES string of the molecule is COC(=O)CCc1ccc(CCP)c(OC)c1. The minimum atomic E-state index is -0.182. The molecule has 0 aromatic heterocycles. The van der Waals surface area contributed by atoms with Crippen molar-refractivity contribution in [1.29, 1.82) is 0 Å². The van der Waals surface area contributed by atoms with E-state index in [1.807, 2.05) is 12.1 Å². The van der Waals surface area contributed by atoms with Gasteiger partial charge in [-0.3, -0.25) is 4.79 Å². The summed E-state index contributed by atoms with van der Waals surface area (Å²) in [5.74, 6) is 0.716. The van der Waals surface area contributed by atoms with Gasteiger partial charge in [-0.1, -0.05) is 12.1 Å². The lowest BCUT2D eigenvalue weighted by Crippen LogP contribution is -2.02. The Kier molecular flexibility index (Phi) is 5.99. The number of hydrogen-bond donors (Lipinski definition) is 0. The van der Waals surface area contributed by atoms with E-state index in [0.29, 0.717) is 12.8 Å². The molecule has 0 bridgehead atoms. The van der Waals surface area contributed by atoms with Gasteiger partial charge in [-0.25, -0.2) is 0 Å². The van der Waals surface area contributed by atoms with Crippen LogP contribution in [-0.2, 0) is 22.4 Å². The molecule has 0 N–H and O–H groups in total. The summed E-state index contributed by atoms with van der Waals surface area (Å²) in [5.41, 5.74) is 2.30. The summed E-state index contributed by atoms with van der Waals surface area (Å²) in [7, 11) is 5.79. The molecule has 0 fully saturated rings. The second-order valence-electron chi connectivity index (χ2n) is 3.76. The molecule has 0 radical (unpaired) electrons. The molecular formula is C13H19O3P. The number of ether oxygens (including phenoxy) is 2. The van der Waals surface area contributed by atoms with E-state index < -0.39 is 0 Å². The van der Waals surface area contributed by atoms with Crippen LogP contribution in [0.1, 0.15) is 17.5 Å². The van der Waals surface area contributed by atoms with Gasteiger partial charge in [-0.05, 0) is 36.2 Å². The summed E-state index contributed by atoms with van der Waals surface area (Å²) in [6.45, 7) is 0. The van der Waals surface area contributed by atoms with Crippen LogP contribution in [0.2, 0.25) is 0 Å². The van der Waals surface area contributed by atoms with Crippen LogP contribution in [0.25, 0.3) is 0 Å². The van der Waals surface area contributed by atoms with Gasteiger partial charge >= 0.3 is 5.97 Å². The van der Waals surface area contributed by atoms with Crippen LogP contribution >= 0.6 is 9.24 Å². The number of carbonyl (C=O) groups excluding carboxylic acids is 1. The number of hydrogen-bond acceptors (Lipinski definition) is 3. The zero-order valence-electron chi connectivity index (χ0n) is 10.4. The average molecular weight is 254 g/mol. The standard InChI is InChI=1S/C13H19O3P/c1-15-12-9-10(4-6-13(14)16-2)3-5-11(12)7-8-17/h3,5,9H,4,6-8,17H2,1-2H3. The molecular weight excluding hydrogens is 235 g/mol. The molecule has 1 atom stereocenters. The third-order valence-electron chi connectivity index (χ3n) is 2.61. The maximum absolute atomic E-state index is 11.1. The first-order chi connectivity index (χ1) is 8.21. The third kappa shape index (κ3) is 4.35. The fraction of sp³-hybridized carbons (Fsp3) is 0.462. The first-order valence-corrected chi connectivity index (χ1v) is 6.45. The molecule has 1 unspecified atom stereocenters. The second-order valence-corrected chi connectivity index (χ2v) is 4.34. The van der Waals surface area contributed by atoms with Crippen molar-refractivity contribution in [1.82, 2.24) is 0 Å². The monoisotopic (exact) mass is 254 g/mol. The smallest absolute Gasteiger partial charge is 0.305 e. The number of methoxy groups -OCH3 is 2. The predicted octanol–water partition coefficient (Wildman–Crippen LogP) is 2.22. The van der Waals surface area contributed by atoms with Gasteiger partial charge < -0.3 is 9.47 Å². The topological polar surface area (TPSA) is 35.5 Å². The van der Waals surface area contributed by atoms with E-state index in [4.69, 9.17) is 4.74 Å². The van der Waals surface area contributed by atoms with Crippen molar-refractivity contribution < 1.29 is 14.3 Å². The Morgan fingerprint density at radius 3 is 2.65 bits per heavy atom. The van der Waals surface area contributed by atoms with Gasteiger partial charge in [0.25, 0.3) is 0 Å². The van der Waals surface area contributed by atoms with Crippen LogP contribution in [0.4, 0.5) is 0 Å². The molecule has 0 aliphatic heterocycles. The zero-order chi connectivity index (χ0) is 12.7. The maximum atomic E-state index is 11.1. The molecule has 1 aromatic rings. The van der Waals surface area contributed by atoms with Crippen LogP contribution < -0.4 is 4.74 Å². The fourth-order valence-electron chi connectivity index (χ4n) is 1.65. The Hall–Kier alpha value is -1.08. The van der Waals surface area contributed by atoms with Crippen molar-refractivity contribution in [3.8, 4) is 5.75 Å². The van der Waals surface area contributed by atoms with E-state index in [9.17, 15) is 4.79 Å². The molecule has 0 heterocycles. The minimum Gasteiger partial charge on any atom is -0.496 e. The Bertz CT molecular complexity index is 377. The Morgan fingerprint density at radius 2 is 2.06 bits per heavy atom. The van der Waals surface area contributed by atoms with Crippen LogP contribution in [0.3, 0.4) is 0 Å². The summed E-state index contributed by atoms with van der Waals surface area (Å²) >= 11 is 0. The largest absolute Gasteiger partial charge is 0.496 e. The predicted molar refractivity (Wildman–Crippen MR) is 71.6 cm³/mol. The quantitative estimate of drug-likeness (QED) is 0.577. The highest BCUT2D eigenvalue weighted by molar-refractivity contribution is 7.16. The molecule has 1 rings (SSSR count). The van der Waals surface area contributed by atoms with Gasteiger partial charge in [0.05, 0.1) is 14.2 Å². The Morgan fingerprint density at radius 1 is 1.29 bits per heavy atom. The van der Waals surface area contributed by atoms with Gasteiger partial charge in [0.1, 0.15) is 5.75 Å². The van der Waals surface area contributed by atoms with Crippen molar-refractivity contribution in [2.24, 2.45) is 0 Å². The van der Waals surface area contributed by atoms with E-state index >= 15 is 0 Å². The van der Waals surface area contributed by atoms with E-state index in [1.165, 1.54) is 12.7 Å². The highest BCUT2D eigenvalue weighted by Crippen LogP contribution is 2.22. The van der Waals surface area contributed by atoms with Gasteiger partial charge in [-0.2, -0.15) is 0 Å². The number of esters is 1. The minimum absolute atomic E-state index is 0.182. The first kappa shape index (κ1) is 14.0. The molecule has 94 valence electrons. The molecule has 0 spiro atoms. The van der Waals surface area contributed by atoms with Crippen molar-refractivity contribution >= 4 is 15.2 Å². The Balaban J connectivity index is 2.71. The van der Waals surface area contributed by atoms with Gasteiger partial charge in [0.15, 0.2) is 0 Å². The zero-order valence-corrected chi connectivity index (χ0v) is 11.5. The lowest BCUT2D eigenvalue weighted by atomic mass is 10.0. The van der Waals surface area contributed by atoms with Crippen molar-refractivity contribution in [2.75, 3.05) is 20.4 Å². The van der Waals surface area contributed by atoms with Crippen LogP contribution in [0, 0.1) is 0 Å². The summed E-state index contributed by atoms with van der Waals surface area (Å²) < 4.78 is 9.96. The highest BCUT2D eigenvalue weighted by atomic mass is 31.0. The number of carbonyl (C=O) groups is 1. The molecule has 0 amide bonds. The fourth-order valence-corrected chi connectivity index (χ4v) is 1.97. The summed E-state index contributed by atoms with van der Waals surface area (Å²) in [6.07, 6.45) is 3.08. The number of aryl methyl sites for hydroxylation is 2. The number of rotatable bonds is 6. The molecule has 17 heavy (non-hydrogen) atoms. The van der Waals surface area contributed by atoms with Crippen LogP contribution in [0.5, 0.6) is 5.75 Å². The highest BCUT2D eigenvalue weighted by Gasteiger charge is 2.06.